The summed E-state index contributed by atoms with van der Waals surface area (Å²) >= 11 is 0. The van der Waals surface area contributed by atoms with Gasteiger partial charge in [-0.1, -0.05) is 44.2 Å². The molecule has 5 heteroatoms. The molecule has 1 N–H and O–H groups in total. The molecule has 30 heavy (non-hydrogen) atoms. The summed E-state index contributed by atoms with van der Waals surface area (Å²) in [6, 6.07) is 23.6. The van der Waals surface area contributed by atoms with Gasteiger partial charge in [0.25, 0.3) is 5.91 Å². The van der Waals surface area contributed by atoms with Crippen molar-refractivity contribution in [2.75, 3.05) is 11.9 Å². The average Bonchev–Trinajstić information content (AvgIpc) is 2.78. The van der Waals surface area contributed by atoms with Crippen molar-refractivity contribution in [3.63, 3.8) is 0 Å². The zero-order valence-electron chi connectivity index (χ0n) is 17.1. The van der Waals surface area contributed by atoms with E-state index in [-0.39, 0.29) is 12.5 Å². The quantitative estimate of drug-likeness (QED) is 0.484. The monoisotopic (exact) mass is 403 g/mol. The van der Waals surface area contributed by atoms with Crippen molar-refractivity contribution in [2.24, 2.45) is 0 Å². The third-order valence-corrected chi connectivity index (χ3v) is 4.78. The average molecular weight is 403 g/mol. The molecule has 1 atom stereocenters. The highest BCUT2D eigenvalue weighted by Crippen LogP contribution is 2.22. The number of amides is 1. The fourth-order valence-corrected chi connectivity index (χ4v) is 2.83. The first kappa shape index (κ1) is 21.1. The molecule has 0 aromatic heterocycles. The summed E-state index contributed by atoms with van der Waals surface area (Å²) in [5.41, 5.74) is 2.24. The van der Waals surface area contributed by atoms with Crippen LogP contribution < -0.4 is 10.1 Å². The Morgan fingerprint density at radius 2 is 1.50 bits per heavy atom. The van der Waals surface area contributed by atoms with Gasteiger partial charge >= 0.3 is 5.97 Å². The molecule has 0 radical (unpaired) electrons. The lowest BCUT2D eigenvalue weighted by atomic mass is 9.99. The zero-order chi connectivity index (χ0) is 21.3. The molecule has 0 saturated carbocycles. The van der Waals surface area contributed by atoms with Crippen molar-refractivity contribution in [3.8, 4) is 11.5 Å². The van der Waals surface area contributed by atoms with Gasteiger partial charge in [-0.25, -0.2) is 4.79 Å². The molecule has 1 amide bonds. The first-order valence-electron chi connectivity index (χ1n) is 9.95. The van der Waals surface area contributed by atoms with Crippen LogP contribution in [0.25, 0.3) is 0 Å². The van der Waals surface area contributed by atoms with Crippen LogP contribution in [0.4, 0.5) is 5.69 Å². The number of para-hydroxylation sites is 1. The molecule has 0 saturated heterocycles. The van der Waals surface area contributed by atoms with Gasteiger partial charge in [0.2, 0.25) is 0 Å². The van der Waals surface area contributed by atoms with Crippen LogP contribution in [0, 0.1) is 0 Å². The molecule has 0 heterocycles. The van der Waals surface area contributed by atoms with Gasteiger partial charge in [-0.05, 0) is 66.4 Å². The van der Waals surface area contributed by atoms with E-state index in [1.807, 2.05) is 54.6 Å². The van der Waals surface area contributed by atoms with Crippen molar-refractivity contribution in [1.29, 1.82) is 0 Å². The number of ether oxygens (including phenoxy) is 2. The first-order chi connectivity index (χ1) is 14.5. The summed E-state index contributed by atoms with van der Waals surface area (Å²) in [4.78, 5) is 24.3. The van der Waals surface area contributed by atoms with Crippen molar-refractivity contribution >= 4 is 17.6 Å². The third-order valence-electron chi connectivity index (χ3n) is 4.78. The van der Waals surface area contributed by atoms with E-state index in [0.29, 0.717) is 28.7 Å². The van der Waals surface area contributed by atoms with Crippen LogP contribution in [-0.4, -0.2) is 18.5 Å². The SMILES string of the molecule is CC[C@@H](C)c1ccc(NC(=O)COC(=O)c2ccc(Oc3ccccc3)cc2)cc1. The second-order valence-electron chi connectivity index (χ2n) is 7.00. The maximum atomic E-state index is 12.2. The predicted octanol–water partition coefficient (Wildman–Crippen LogP) is 5.79. The molecule has 0 aliphatic rings. The number of carbonyl (C=O) groups is 2. The Morgan fingerprint density at radius 3 is 2.13 bits per heavy atom. The Morgan fingerprint density at radius 1 is 0.867 bits per heavy atom. The van der Waals surface area contributed by atoms with Gasteiger partial charge in [0.1, 0.15) is 11.5 Å². The Kier molecular flexibility index (Phi) is 7.22. The normalized spacial score (nSPS) is 11.4. The predicted molar refractivity (Wildman–Crippen MR) is 117 cm³/mol. The zero-order valence-corrected chi connectivity index (χ0v) is 17.1. The molecule has 0 fully saturated rings. The highest BCUT2D eigenvalue weighted by atomic mass is 16.5. The van der Waals surface area contributed by atoms with Gasteiger partial charge in [0, 0.05) is 5.69 Å². The molecule has 0 aliphatic heterocycles. The summed E-state index contributed by atoms with van der Waals surface area (Å²) in [7, 11) is 0. The van der Waals surface area contributed by atoms with Gasteiger partial charge in [0.05, 0.1) is 5.56 Å². The summed E-state index contributed by atoms with van der Waals surface area (Å²) in [5, 5.41) is 2.73. The fraction of sp³-hybridized carbons (Fsp3) is 0.200. The fourth-order valence-electron chi connectivity index (χ4n) is 2.83. The molecule has 3 aromatic carbocycles. The van der Waals surface area contributed by atoms with Gasteiger partial charge < -0.3 is 14.8 Å². The highest BCUT2D eigenvalue weighted by Gasteiger charge is 2.11. The molecular formula is C25H25NO4. The van der Waals surface area contributed by atoms with E-state index in [2.05, 4.69) is 19.2 Å². The molecule has 154 valence electrons. The van der Waals surface area contributed by atoms with Crippen LogP contribution in [0.5, 0.6) is 11.5 Å². The molecule has 5 nitrogen and oxygen atoms in total. The summed E-state index contributed by atoms with van der Waals surface area (Å²) in [6.07, 6.45) is 1.06. The summed E-state index contributed by atoms with van der Waals surface area (Å²) in [6.45, 7) is 3.94. The number of carbonyl (C=O) groups excluding carboxylic acids is 2. The molecule has 3 rings (SSSR count). The first-order valence-corrected chi connectivity index (χ1v) is 9.95. The van der Waals surface area contributed by atoms with E-state index in [4.69, 9.17) is 9.47 Å². The van der Waals surface area contributed by atoms with Gasteiger partial charge in [-0.2, -0.15) is 0 Å². The van der Waals surface area contributed by atoms with E-state index < -0.39 is 5.97 Å². The summed E-state index contributed by atoms with van der Waals surface area (Å²) in [5.74, 6) is 0.838. The maximum Gasteiger partial charge on any atom is 0.338 e. The molecule has 3 aromatic rings. The van der Waals surface area contributed by atoms with Gasteiger partial charge in [0.15, 0.2) is 6.61 Å². The highest BCUT2D eigenvalue weighted by molar-refractivity contribution is 5.95. The second-order valence-corrected chi connectivity index (χ2v) is 7.00. The van der Waals surface area contributed by atoms with Crippen LogP contribution in [-0.2, 0) is 9.53 Å². The van der Waals surface area contributed by atoms with Crippen LogP contribution >= 0.6 is 0 Å². The summed E-state index contributed by atoms with van der Waals surface area (Å²) < 4.78 is 10.8. The number of hydrogen-bond donors (Lipinski definition) is 1. The molecule has 0 aliphatic carbocycles. The minimum absolute atomic E-state index is 0.348. The standard InChI is InChI=1S/C25H25NO4/c1-3-18(2)19-9-13-21(14-10-19)26-24(27)17-29-25(28)20-11-15-23(16-12-20)30-22-7-5-4-6-8-22/h4-16,18H,3,17H2,1-2H3,(H,26,27)/t18-/m1/s1. The Labute approximate surface area is 176 Å². The van der Waals surface area contributed by atoms with Crippen LogP contribution in [0.3, 0.4) is 0 Å². The van der Waals surface area contributed by atoms with E-state index in [9.17, 15) is 9.59 Å². The Bertz CT molecular complexity index is 966. The van der Waals surface area contributed by atoms with E-state index in [0.717, 1.165) is 6.42 Å². The Hall–Kier alpha value is -3.60. The van der Waals surface area contributed by atoms with Crippen molar-refractivity contribution in [2.45, 2.75) is 26.2 Å². The lowest BCUT2D eigenvalue weighted by Gasteiger charge is -2.11. The van der Waals surface area contributed by atoms with Crippen molar-refractivity contribution < 1.29 is 19.1 Å². The lowest BCUT2D eigenvalue weighted by molar-refractivity contribution is -0.119. The Balaban J connectivity index is 1.48. The maximum absolute atomic E-state index is 12.2. The number of benzene rings is 3. The number of nitrogens with one attached hydrogen (secondary N) is 1. The van der Waals surface area contributed by atoms with Gasteiger partial charge in [-0.15, -0.1) is 0 Å². The van der Waals surface area contributed by atoms with Crippen LogP contribution in [0.1, 0.15) is 42.1 Å². The second kappa shape index (κ2) is 10.3. The number of rotatable bonds is 8. The van der Waals surface area contributed by atoms with E-state index >= 15 is 0 Å². The molecule has 0 bridgehead atoms. The molecule has 0 spiro atoms. The van der Waals surface area contributed by atoms with Crippen molar-refractivity contribution in [1.82, 2.24) is 0 Å². The number of esters is 1. The van der Waals surface area contributed by atoms with Crippen molar-refractivity contribution in [3.05, 3.63) is 90.0 Å². The topological polar surface area (TPSA) is 64.6 Å². The van der Waals surface area contributed by atoms with E-state index in [1.165, 1.54) is 5.56 Å². The largest absolute Gasteiger partial charge is 0.457 e. The number of anilines is 1. The minimum Gasteiger partial charge on any atom is -0.457 e. The third kappa shape index (κ3) is 5.95. The smallest absolute Gasteiger partial charge is 0.338 e. The van der Waals surface area contributed by atoms with Crippen LogP contribution in [0.2, 0.25) is 0 Å². The minimum atomic E-state index is -0.566. The van der Waals surface area contributed by atoms with Gasteiger partial charge in [-0.3, -0.25) is 4.79 Å². The number of hydrogen-bond acceptors (Lipinski definition) is 4. The lowest BCUT2D eigenvalue weighted by Crippen LogP contribution is -2.20. The van der Waals surface area contributed by atoms with E-state index in [1.54, 1.807) is 24.3 Å². The van der Waals surface area contributed by atoms with Crippen LogP contribution in [0.15, 0.2) is 78.9 Å². The molecule has 0 unspecified atom stereocenters. The molecular weight excluding hydrogens is 378 g/mol.